The largest absolute Gasteiger partial charge is 0.394 e. The van der Waals surface area contributed by atoms with E-state index < -0.39 is 0 Å². The maximum absolute atomic E-state index is 12.6. The van der Waals surface area contributed by atoms with Crippen molar-refractivity contribution < 1.29 is 14.6 Å². The third-order valence-electron chi connectivity index (χ3n) is 4.99. The molecule has 0 bridgehead atoms. The Hall–Kier alpha value is -2.06. The van der Waals surface area contributed by atoms with Gasteiger partial charge < -0.3 is 19.3 Å². The van der Waals surface area contributed by atoms with Crippen LogP contribution in [-0.4, -0.2) is 57.0 Å². The molecule has 0 fully saturated rings. The third kappa shape index (κ3) is 4.34. The zero-order valence-electron chi connectivity index (χ0n) is 17.1. The van der Waals surface area contributed by atoms with Gasteiger partial charge in [0.1, 0.15) is 0 Å². The summed E-state index contributed by atoms with van der Waals surface area (Å²) in [6, 6.07) is 3.76. The van der Waals surface area contributed by atoms with Crippen molar-refractivity contribution in [3.63, 3.8) is 0 Å². The van der Waals surface area contributed by atoms with Crippen molar-refractivity contribution in [1.29, 1.82) is 0 Å². The van der Waals surface area contributed by atoms with Crippen LogP contribution in [0.2, 0.25) is 10.0 Å². The van der Waals surface area contributed by atoms with Crippen LogP contribution in [0.3, 0.4) is 0 Å². The molecule has 9 heteroatoms. The fourth-order valence-electron chi connectivity index (χ4n) is 3.73. The van der Waals surface area contributed by atoms with Crippen LogP contribution in [0.25, 0.3) is 22.0 Å². The zero-order valence-corrected chi connectivity index (χ0v) is 18.6. The van der Waals surface area contributed by atoms with E-state index in [0.29, 0.717) is 36.3 Å². The minimum absolute atomic E-state index is 0.0247. The molecule has 7 nitrogen and oxygen atoms in total. The number of ether oxygens (including phenoxy) is 1. The number of aliphatic hydroxyl groups excluding tert-OH is 1. The van der Waals surface area contributed by atoms with Crippen LogP contribution >= 0.6 is 23.2 Å². The van der Waals surface area contributed by atoms with E-state index in [0.717, 1.165) is 27.7 Å². The van der Waals surface area contributed by atoms with Crippen LogP contribution in [0.4, 0.5) is 0 Å². The Balaban J connectivity index is 0.00000124. The first-order chi connectivity index (χ1) is 14.6. The molecule has 0 aliphatic carbocycles. The lowest BCUT2D eigenvalue weighted by Gasteiger charge is -2.30. The number of aliphatic hydroxyl groups is 1. The second-order valence-electron chi connectivity index (χ2n) is 6.62. The van der Waals surface area contributed by atoms with E-state index in [4.69, 9.17) is 33.0 Å². The average Bonchev–Trinajstić information content (AvgIpc) is 3.40. The van der Waals surface area contributed by atoms with E-state index in [2.05, 4.69) is 14.8 Å². The molecule has 30 heavy (non-hydrogen) atoms. The molecule has 162 valence electrons. The lowest BCUT2D eigenvalue weighted by atomic mass is 10.0. The van der Waals surface area contributed by atoms with Gasteiger partial charge in [0, 0.05) is 41.5 Å². The maximum Gasteiger partial charge on any atom is 0.225 e. The van der Waals surface area contributed by atoms with Gasteiger partial charge in [0.25, 0.3) is 0 Å². The fraction of sp³-hybridized carbons (Fsp3) is 0.429. The van der Waals surface area contributed by atoms with E-state index in [-0.39, 0.29) is 25.5 Å². The first-order valence-electron chi connectivity index (χ1n) is 10.1. The summed E-state index contributed by atoms with van der Waals surface area (Å²) in [5, 5.41) is 17.7. The molecular weight excluding hydrogens is 427 g/mol. The van der Waals surface area contributed by atoms with Gasteiger partial charge in [0.2, 0.25) is 5.91 Å². The number of hydrogen-bond donors (Lipinski definition) is 2. The maximum atomic E-state index is 12.6. The highest BCUT2D eigenvalue weighted by atomic mass is 35.5. The van der Waals surface area contributed by atoms with Gasteiger partial charge >= 0.3 is 0 Å². The number of aromatic amines is 1. The van der Waals surface area contributed by atoms with Crippen molar-refractivity contribution in [1.82, 2.24) is 19.7 Å². The Kier molecular flexibility index (Phi) is 7.77. The molecule has 1 amide bonds. The fourth-order valence-corrected chi connectivity index (χ4v) is 4.15. The summed E-state index contributed by atoms with van der Waals surface area (Å²) in [5.74, 6) is 0.0247. The average molecular weight is 453 g/mol. The molecule has 4 rings (SSSR count). The highest BCUT2D eigenvalue weighted by Crippen LogP contribution is 2.42. The van der Waals surface area contributed by atoms with E-state index in [9.17, 15) is 4.79 Å². The molecule has 0 unspecified atom stereocenters. The third-order valence-corrected chi connectivity index (χ3v) is 5.79. The number of H-pyrrole nitrogens is 1. The van der Waals surface area contributed by atoms with Crippen LogP contribution in [0.15, 0.2) is 24.5 Å². The van der Waals surface area contributed by atoms with Crippen molar-refractivity contribution in [3.05, 3.63) is 40.3 Å². The molecule has 0 saturated heterocycles. The molecule has 1 aliphatic rings. The minimum Gasteiger partial charge on any atom is -0.394 e. The molecule has 3 aromatic rings. The van der Waals surface area contributed by atoms with Crippen LogP contribution < -0.4 is 0 Å². The van der Waals surface area contributed by atoms with Crippen LogP contribution in [0.1, 0.15) is 26.0 Å². The molecule has 0 radical (unpaired) electrons. The molecule has 0 spiro atoms. The number of amides is 1. The normalized spacial score (nSPS) is 13.2. The number of hydrogen-bond acceptors (Lipinski definition) is 4. The highest BCUT2D eigenvalue weighted by Gasteiger charge is 2.28. The molecule has 3 heterocycles. The summed E-state index contributed by atoms with van der Waals surface area (Å²) >= 11 is 12.8. The van der Waals surface area contributed by atoms with E-state index in [1.807, 2.05) is 31.0 Å². The number of nitrogens with one attached hydrogen (secondary N) is 1. The van der Waals surface area contributed by atoms with Gasteiger partial charge in [-0.2, -0.15) is 5.10 Å². The van der Waals surface area contributed by atoms with E-state index in [1.165, 1.54) is 0 Å². The Morgan fingerprint density at radius 3 is 2.77 bits per heavy atom. The number of carbonyl (C=O) groups excluding carboxylic acids is 1. The number of rotatable bonds is 6. The number of carbonyl (C=O) groups is 1. The summed E-state index contributed by atoms with van der Waals surface area (Å²) in [4.78, 5) is 14.4. The summed E-state index contributed by atoms with van der Waals surface area (Å²) in [6.45, 7) is 6.19. The monoisotopic (exact) mass is 452 g/mol. The summed E-state index contributed by atoms with van der Waals surface area (Å²) < 4.78 is 7.38. The Labute approximate surface area is 185 Å². The van der Waals surface area contributed by atoms with Crippen molar-refractivity contribution in [2.75, 3.05) is 26.4 Å². The van der Waals surface area contributed by atoms with Crippen molar-refractivity contribution >= 4 is 40.0 Å². The molecular formula is C21H26Cl2N4O3. The standard InChI is InChI=1S/C19H20Cl2N4O3.C2H6/c20-14-2-1-13-17(12-9-22-23-10-12)15-11-24(16(27)3-7-28-8-6-26)4-5-25(15)19(13)18(14)21;1-2/h1-2,9-10,26H,3-8,11H2,(H,22,23);1-2H3. The Morgan fingerprint density at radius 1 is 1.27 bits per heavy atom. The molecule has 1 aromatic carbocycles. The quantitative estimate of drug-likeness (QED) is 0.551. The second kappa shape index (κ2) is 10.3. The molecule has 0 atom stereocenters. The number of benzene rings is 1. The van der Waals surface area contributed by atoms with Gasteiger partial charge in [-0.15, -0.1) is 0 Å². The smallest absolute Gasteiger partial charge is 0.225 e. The molecule has 2 N–H and O–H groups in total. The van der Waals surface area contributed by atoms with Crippen molar-refractivity contribution in [2.24, 2.45) is 0 Å². The summed E-state index contributed by atoms with van der Waals surface area (Å²) in [5.41, 5.74) is 3.85. The lowest BCUT2D eigenvalue weighted by molar-refractivity contribution is -0.133. The van der Waals surface area contributed by atoms with Crippen molar-refractivity contribution in [3.8, 4) is 11.1 Å². The second-order valence-corrected chi connectivity index (χ2v) is 7.40. The highest BCUT2D eigenvalue weighted by molar-refractivity contribution is 6.45. The number of aromatic nitrogens is 3. The van der Waals surface area contributed by atoms with Crippen molar-refractivity contribution in [2.45, 2.75) is 33.4 Å². The summed E-state index contributed by atoms with van der Waals surface area (Å²) in [7, 11) is 0. The van der Waals surface area contributed by atoms with Gasteiger partial charge in [-0.25, -0.2) is 0 Å². The molecule has 2 aromatic heterocycles. The van der Waals surface area contributed by atoms with Gasteiger partial charge in [-0.3, -0.25) is 9.89 Å². The topological polar surface area (TPSA) is 83.4 Å². The predicted molar refractivity (Wildman–Crippen MR) is 119 cm³/mol. The first kappa shape index (κ1) is 22.6. The summed E-state index contributed by atoms with van der Waals surface area (Å²) in [6.07, 6.45) is 3.89. The van der Waals surface area contributed by atoms with Crippen LogP contribution in [0.5, 0.6) is 0 Å². The Morgan fingerprint density at radius 2 is 2.07 bits per heavy atom. The molecule has 1 aliphatic heterocycles. The van der Waals surface area contributed by atoms with E-state index in [1.54, 1.807) is 12.3 Å². The van der Waals surface area contributed by atoms with Gasteiger partial charge in [0.05, 0.1) is 54.5 Å². The van der Waals surface area contributed by atoms with Gasteiger partial charge in [-0.1, -0.05) is 43.1 Å². The number of nitrogens with zero attached hydrogens (tertiary/aromatic N) is 3. The van der Waals surface area contributed by atoms with Gasteiger partial charge in [-0.05, 0) is 6.07 Å². The van der Waals surface area contributed by atoms with Crippen LogP contribution in [0, 0.1) is 0 Å². The minimum atomic E-state index is -0.0462. The van der Waals surface area contributed by atoms with E-state index >= 15 is 0 Å². The predicted octanol–water partition coefficient (Wildman–Crippen LogP) is 4.11. The number of fused-ring (bicyclic) bond motifs is 3. The van der Waals surface area contributed by atoms with Gasteiger partial charge in [0.15, 0.2) is 0 Å². The zero-order chi connectivity index (χ0) is 21.7. The van der Waals surface area contributed by atoms with Crippen LogP contribution in [-0.2, 0) is 22.6 Å². The SMILES string of the molecule is CC.O=C(CCOCCO)N1CCn2c(c(-c3cn[nH]c3)c3ccc(Cl)c(Cl)c32)C1. The Bertz CT molecular complexity index is 1000. The molecule has 0 saturated carbocycles. The number of halogens is 2. The first-order valence-corrected chi connectivity index (χ1v) is 10.8. The lowest BCUT2D eigenvalue weighted by Crippen LogP contribution is -2.38.